The Kier molecular flexibility index (Phi) is 5.50. The highest BCUT2D eigenvalue weighted by Gasteiger charge is 2.15. The summed E-state index contributed by atoms with van der Waals surface area (Å²) in [7, 11) is 0. The Hall–Kier alpha value is -2.16. The van der Waals surface area contributed by atoms with Crippen LogP contribution in [-0.2, 0) is 11.2 Å². The lowest BCUT2D eigenvalue weighted by Crippen LogP contribution is -2.28. The monoisotopic (exact) mass is 282 g/mol. The van der Waals surface area contributed by atoms with Crippen LogP contribution < -0.4 is 5.32 Å². The molecule has 0 radical (unpaired) electrons. The largest absolute Gasteiger partial charge is 0.355 e. The van der Waals surface area contributed by atoms with Gasteiger partial charge in [-0.2, -0.15) is 0 Å². The minimum Gasteiger partial charge on any atom is -0.355 e. The van der Waals surface area contributed by atoms with Gasteiger partial charge in [0.25, 0.3) is 0 Å². The van der Waals surface area contributed by atoms with Crippen LogP contribution in [0.4, 0.5) is 0 Å². The highest BCUT2D eigenvalue weighted by atomic mass is 16.1. The zero-order valence-corrected chi connectivity index (χ0v) is 12.7. The number of hydrogen-bond acceptors (Lipinski definition) is 2. The van der Waals surface area contributed by atoms with Crippen molar-refractivity contribution in [3.05, 3.63) is 65.5 Å². The predicted octanol–water partition coefficient (Wildman–Crippen LogP) is 3.24. The maximum atomic E-state index is 11.6. The van der Waals surface area contributed by atoms with E-state index in [9.17, 15) is 4.79 Å². The predicted molar refractivity (Wildman–Crippen MR) is 85.2 cm³/mol. The molecular weight excluding hydrogens is 260 g/mol. The second-order valence-electron chi connectivity index (χ2n) is 5.28. The second-order valence-corrected chi connectivity index (χ2v) is 5.28. The average Bonchev–Trinajstić information content (AvgIpc) is 2.52. The molecule has 1 amide bonds. The van der Waals surface area contributed by atoms with E-state index in [0.29, 0.717) is 13.0 Å². The van der Waals surface area contributed by atoms with E-state index < -0.39 is 0 Å². The van der Waals surface area contributed by atoms with Gasteiger partial charge in [0.2, 0.25) is 5.91 Å². The number of amides is 1. The fourth-order valence-electron chi connectivity index (χ4n) is 2.50. The first-order chi connectivity index (χ1) is 10.2. The molecule has 1 atom stereocenters. The van der Waals surface area contributed by atoms with E-state index in [1.807, 2.05) is 25.3 Å². The number of aryl methyl sites for hydroxylation is 1. The van der Waals surface area contributed by atoms with Gasteiger partial charge in [-0.3, -0.25) is 9.78 Å². The van der Waals surface area contributed by atoms with Crippen molar-refractivity contribution >= 4 is 5.91 Å². The van der Waals surface area contributed by atoms with Gasteiger partial charge in [0, 0.05) is 31.3 Å². The minimum absolute atomic E-state index is 0.0970. The molecule has 0 bridgehead atoms. The first-order valence-corrected chi connectivity index (χ1v) is 7.41. The third kappa shape index (κ3) is 4.42. The van der Waals surface area contributed by atoms with Crippen molar-refractivity contribution < 1.29 is 4.79 Å². The summed E-state index contributed by atoms with van der Waals surface area (Å²) in [6, 6.07) is 12.4. The lowest BCUT2D eigenvalue weighted by atomic mass is 9.89. The molecule has 3 nitrogen and oxygen atoms in total. The molecule has 21 heavy (non-hydrogen) atoms. The number of pyridine rings is 1. The van der Waals surface area contributed by atoms with Gasteiger partial charge in [0.05, 0.1) is 0 Å². The Bertz CT molecular complexity index is 581. The van der Waals surface area contributed by atoms with Gasteiger partial charge in [-0.25, -0.2) is 0 Å². The van der Waals surface area contributed by atoms with Gasteiger partial charge in [0.1, 0.15) is 0 Å². The highest BCUT2D eigenvalue weighted by Crippen LogP contribution is 2.23. The molecule has 1 heterocycles. The molecule has 1 aromatic heterocycles. The summed E-state index contributed by atoms with van der Waals surface area (Å²) in [5.74, 6) is 0.366. The number of benzene rings is 1. The van der Waals surface area contributed by atoms with Crippen LogP contribution in [0, 0.1) is 6.92 Å². The maximum absolute atomic E-state index is 11.6. The summed E-state index contributed by atoms with van der Waals surface area (Å²) >= 11 is 0. The van der Waals surface area contributed by atoms with Crippen LogP contribution in [0.5, 0.6) is 0 Å². The fourth-order valence-corrected chi connectivity index (χ4v) is 2.50. The summed E-state index contributed by atoms with van der Waals surface area (Å²) in [5, 5.41) is 3.02. The average molecular weight is 282 g/mol. The van der Waals surface area contributed by atoms with E-state index >= 15 is 0 Å². The van der Waals surface area contributed by atoms with Gasteiger partial charge in [0.15, 0.2) is 0 Å². The summed E-state index contributed by atoms with van der Waals surface area (Å²) in [4.78, 5) is 15.7. The number of aromatic nitrogens is 1. The van der Waals surface area contributed by atoms with Gasteiger partial charge >= 0.3 is 0 Å². The topological polar surface area (TPSA) is 42.0 Å². The van der Waals surface area contributed by atoms with E-state index in [1.54, 1.807) is 6.20 Å². The Morgan fingerprint density at radius 3 is 2.71 bits per heavy atom. The van der Waals surface area contributed by atoms with Crippen LogP contribution in [0.3, 0.4) is 0 Å². The van der Waals surface area contributed by atoms with Crippen LogP contribution in [0.2, 0.25) is 0 Å². The van der Waals surface area contributed by atoms with Crippen LogP contribution >= 0.6 is 0 Å². The first-order valence-electron chi connectivity index (χ1n) is 7.41. The fraction of sp³-hybridized carbons (Fsp3) is 0.333. The molecule has 1 N–H and O–H groups in total. The highest BCUT2D eigenvalue weighted by molar-refractivity contribution is 5.75. The Morgan fingerprint density at radius 2 is 2.05 bits per heavy atom. The standard InChI is InChI=1S/C18H22N2O/c1-3-18(21)20-13-16(11-15-8-6-10-19-12-15)17-9-5-4-7-14(17)2/h4-10,12,16H,3,11,13H2,1-2H3,(H,20,21). The maximum Gasteiger partial charge on any atom is 0.219 e. The van der Waals surface area contributed by atoms with Crippen LogP contribution in [-0.4, -0.2) is 17.4 Å². The molecule has 3 heteroatoms. The zero-order valence-electron chi connectivity index (χ0n) is 12.7. The molecule has 0 aliphatic rings. The molecule has 2 rings (SSSR count). The van der Waals surface area contributed by atoms with E-state index in [0.717, 1.165) is 6.42 Å². The van der Waals surface area contributed by atoms with E-state index in [2.05, 4.69) is 41.5 Å². The van der Waals surface area contributed by atoms with Crippen molar-refractivity contribution in [2.75, 3.05) is 6.54 Å². The zero-order chi connectivity index (χ0) is 15.1. The van der Waals surface area contributed by atoms with Crippen molar-refractivity contribution in [2.45, 2.75) is 32.6 Å². The molecule has 0 saturated heterocycles. The third-order valence-electron chi connectivity index (χ3n) is 3.70. The number of hydrogen-bond donors (Lipinski definition) is 1. The van der Waals surface area contributed by atoms with Crippen LogP contribution in [0.15, 0.2) is 48.8 Å². The van der Waals surface area contributed by atoms with Gasteiger partial charge in [-0.1, -0.05) is 37.3 Å². The number of nitrogens with zero attached hydrogens (tertiary/aromatic N) is 1. The minimum atomic E-state index is 0.0970. The molecule has 0 aliphatic heterocycles. The third-order valence-corrected chi connectivity index (χ3v) is 3.70. The Morgan fingerprint density at radius 1 is 1.24 bits per heavy atom. The van der Waals surface area contributed by atoms with E-state index in [-0.39, 0.29) is 11.8 Å². The number of rotatable bonds is 6. The van der Waals surface area contributed by atoms with Crippen molar-refractivity contribution in [3.63, 3.8) is 0 Å². The van der Waals surface area contributed by atoms with Crippen molar-refractivity contribution in [3.8, 4) is 0 Å². The Balaban J connectivity index is 2.18. The molecule has 0 fully saturated rings. The molecule has 0 saturated carbocycles. The number of carbonyl (C=O) groups is 1. The molecule has 2 aromatic rings. The summed E-state index contributed by atoms with van der Waals surface area (Å²) in [6.45, 7) is 4.65. The lowest BCUT2D eigenvalue weighted by molar-refractivity contribution is -0.120. The summed E-state index contributed by atoms with van der Waals surface area (Å²) in [5.41, 5.74) is 3.74. The molecular formula is C18H22N2O. The smallest absolute Gasteiger partial charge is 0.219 e. The molecule has 1 unspecified atom stereocenters. The van der Waals surface area contributed by atoms with Crippen LogP contribution in [0.25, 0.3) is 0 Å². The van der Waals surface area contributed by atoms with E-state index in [4.69, 9.17) is 0 Å². The second kappa shape index (κ2) is 7.58. The molecule has 1 aromatic carbocycles. The van der Waals surface area contributed by atoms with Crippen molar-refractivity contribution in [2.24, 2.45) is 0 Å². The lowest BCUT2D eigenvalue weighted by Gasteiger charge is -2.20. The van der Waals surface area contributed by atoms with Gasteiger partial charge in [-0.15, -0.1) is 0 Å². The van der Waals surface area contributed by atoms with Gasteiger partial charge < -0.3 is 5.32 Å². The number of nitrogens with one attached hydrogen (secondary N) is 1. The molecule has 0 aliphatic carbocycles. The summed E-state index contributed by atoms with van der Waals surface area (Å²) < 4.78 is 0. The van der Waals surface area contributed by atoms with Crippen molar-refractivity contribution in [1.82, 2.24) is 10.3 Å². The van der Waals surface area contributed by atoms with E-state index in [1.165, 1.54) is 16.7 Å². The van der Waals surface area contributed by atoms with Crippen molar-refractivity contribution in [1.29, 1.82) is 0 Å². The molecule has 110 valence electrons. The van der Waals surface area contributed by atoms with Gasteiger partial charge in [-0.05, 0) is 36.1 Å². The molecule has 0 spiro atoms. The summed E-state index contributed by atoms with van der Waals surface area (Å²) in [6.07, 6.45) is 5.08. The number of carbonyl (C=O) groups excluding carboxylic acids is 1. The SMILES string of the molecule is CCC(=O)NCC(Cc1cccnc1)c1ccccc1C. The normalized spacial score (nSPS) is 11.9. The Labute approximate surface area is 126 Å². The quantitative estimate of drug-likeness (QED) is 0.883. The van der Waals surface area contributed by atoms with Crippen LogP contribution in [0.1, 0.15) is 36.0 Å². The first kappa shape index (κ1) is 15.2.